The zero-order chi connectivity index (χ0) is 18.8. The van der Waals surface area contributed by atoms with Crippen LogP contribution in [0.2, 0.25) is 0 Å². The maximum atomic E-state index is 13.0. The molecule has 0 radical (unpaired) electrons. The minimum absolute atomic E-state index is 0.0742. The Morgan fingerprint density at radius 1 is 1.32 bits per heavy atom. The molecule has 5 nitrogen and oxygen atoms in total. The van der Waals surface area contributed by atoms with Gasteiger partial charge in [-0.15, -0.1) is 0 Å². The summed E-state index contributed by atoms with van der Waals surface area (Å²) in [4.78, 5) is 15.0. The third-order valence-electron chi connectivity index (χ3n) is 5.30. The lowest BCUT2D eigenvalue weighted by Gasteiger charge is -2.38. The van der Waals surface area contributed by atoms with Crippen LogP contribution in [0.15, 0.2) is 29.2 Å². The highest BCUT2D eigenvalue weighted by atomic mass is 32.2. The van der Waals surface area contributed by atoms with Gasteiger partial charge in [-0.25, -0.2) is 8.42 Å². The number of rotatable bonds is 5. The molecule has 1 saturated heterocycles. The molecule has 1 aromatic rings. The van der Waals surface area contributed by atoms with Crippen LogP contribution in [-0.2, 0) is 10.0 Å². The summed E-state index contributed by atoms with van der Waals surface area (Å²) in [6, 6.07) is 6.48. The molecule has 140 valence electrons. The predicted molar refractivity (Wildman–Crippen MR) is 100 cm³/mol. The number of hydrogen-bond donors (Lipinski definition) is 0. The molecule has 1 aliphatic rings. The molecule has 0 N–H and O–H groups in total. The second-order valence-corrected chi connectivity index (χ2v) is 9.30. The van der Waals surface area contributed by atoms with Crippen molar-refractivity contribution in [3.8, 4) is 0 Å². The normalized spacial score (nSPS) is 21.8. The molecular weight excluding hydrogens is 336 g/mol. The first-order valence-corrected chi connectivity index (χ1v) is 10.5. The molecule has 2 atom stereocenters. The highest BCUT2D eigenvalue weighted by molar-refractivity contribution is 7.89. The lowest BCUT2D eigenvalue weighted by atomic mass is 9.91. The molecule has 2 rings (SSSR count). The SMILES string of the molecule is CC[C@H]1CC[C@@H](C)N(C(=O)c2cccc(S(=O)(=O)N(C)C(C)C)c2)C1. The highest BCUT2D eigenvalue weighted by Crippen LogP contribution is 2.26. The van der Waals surface area contributed by atoms with Gasteiger partial charge in [-0.3, -0.25) is 4.79 Å². The van der Waals surface area contributed by atoms with Crippen molar-refractivity contribution < 1.29 is 13.2 Å². The van der Waals surface area contributed by atoms with Gasteiger partial charge < -0.3 is 4.90 Å². The predicted octanol–water partition coefficient (Wildman–Crippen LogP) is 3.37. The van der Waals surface area contributed by atoms with Crippen molar-refractivity contribution in [2.24, 2.45) is 5.92 Å². The van der Waals surface area contributed by atoms with Crippen molar-refractivity contribution >= 4 is 15.9 Å². The Balaban J connectivity index is 2.30. The number of carbonyl (C=O) groups excluding carboxylic acids is 1. The molecule has 6 heteroatoms. The molecule has 25 heavy (non-hydrogen) atoms. The van der Waals surface area contributed by atoms with Crippen LogP contribution >= 0.6 is 0 Å². The Kier molecular flexibility index (Phi) is 6.27. The summed E-state index contributed by atoms with van der Waals surface area (Å²) in [6.07, 6.45) is 3.21. The van der Waals surface area contributed by atoms with E-state index in [0.717, 1.165) is 25.8 Å². The number of nitrogens with zero attached hydrogens (tertiary/aromatic N) is 2. The summed E-state index contributed by atoms with van der Waals surface area (Å²) in [6.45, 7) is 8.62. The number of sulfonamides is 1. The van der Waals surface area contributed by atoms with Crippen molar-refractivity contribution in [3.63, 3.8) is 0 Å². The minimum atomic E-state index is -3.59. The number of piperidine rings is 1. The molecule has 1 aliphatic heterocycles. The van der Waals surface area contributed by atoms with Gasteiger partial charge in [-0.05, 0) is 57.7 Å². The van der Waals surface area contributed by atoms with Gasteiger partial charge in [-0.1, -0.05) is 19.4 Å². The molecule has 1 aromatic carbocycles. The van der Waals surface area contributed by atoms with Crippen molar-refractivity contribution in [1.29, 1.82) is 0 Å². The number of benzene rings is 1. The van der Waals surface area contributed by atoms with Crippen molar-refractivity contribution in [2.45, 2.75) is 63.9 Å². The maximum Gasteiger partial charge on any atom is 0.254 e. The summed E-state index contributed by atoms with van der Waals surface area (Å²) >= 11 is 0. The van der Waals surface area contributed by atoms with Crippen LogP contribution in [0, 0.1) is 5.92 Å². The third kappa shape index (κ3) is 4.23. The van der Waals surface area contributed by atoms with Gasteiger partial charge in [0.1, 0.15) is 0 Å². The summed E-state index contributed by atoms with van der Waals surface area (Å²) in [5, 5.41) is 0. The monoisotopic (exact) mass is 366 g/mol. The topological polar surface area (TPSA) is 57.7 Å². The molecule has 1 fully saturated rings. The van der Waals surface area contributed by atoms with E-state index in [0.29, 0.717) is 11.5 Å². The zero-order valence-corrected chi connectivity index (χ0v) is 16.7. The molecule has 0 spiro atoms. The van der Waals surface area contributed by atoms with E-state index in [1.807, 2.05) is 18.7 Å². The molecule has 1 amide bonds. The van der Waals surface area contributed by atoms with Gasteiger partial charge >= 0.3 is 0 Å². The van der Waals surface area contributed by atoms with E-state index in [9.17, 15) is 13.2 Å². The number of likely N-dealkylation sites (tertiary alicyclic amines) is 1. The summed E-state index contributed by atoms with van der Waals surface area (Å²) in [5.41, 5.74) is 0.446. The quantitative estimate of drug-likeness (QED) is 0.803. The van der Waals surface area contributed by atoms with E-state index >= 15 is 0 Å². The number of amides is 1. The Hall–Kier alpha value is -1.40. The molecule has 0 bridgehead atoms. The van der Waals surface area contributed by atoms with E-state index in [1.54, 1.807) is 25.2 Å². The minimum Gasteiger partial charge on any atom is -0.336 e. The second kappa shape index (κ2) is 7.87. The van der Waals surface area contributed by atoms with E-state index < -0.39 is 10.0 Å². The van der Waals surface area contributed by atoms with Crippen LogP contribution in [0.1, 0.15) is 57.3 Å². The Bertz CT molecular complexity index is 715. The van der Waals surface area contributed by atoms with E-state index in [-0.39, 0.29) is 22.9 Å². The Morgan fingerprint density at radius 2 is 2.00 bits per heavy atom. The van der Waals surface area contributed by atoms with Gasteiger partial charge in [0.15, 0.2) is 0 Å². The van der Waals surface area contributed by atoms with Gasteiger partial charge in [0, 0.05) is 31.2 Å². The smallest absolute Gasteiger partial charge is 0.254 e. The Morgan fingerprint density at radius 3 is 2.60 bits per heavy atom. The van der Waals surface area contributed by atoms with Gasteiger partial charge in [0.25, 0.3) is 5.91 Å². The molecule has 0 unspecified atom stereocenters. The first-order valence-electron chi connectivity index (χ1n) is 9.07. The largest absolute Gasteiger partial charge is 0.336 e. The molecule has 0 aliphatic carbocycles. The number of hydrogen-bond acceptors (Lipinski definition) is 3. The van der Waals surface area contributed by atoms with E-state index in [1.165, 1.54) is 10.4 Å². The van der Waals surface area contributed by atoms with Crippen molar-refractivity contribution in [3.05, 3.63) is 29.8 Å². The summed E-state index contributed by atoms with van der Waals surface area (Å²) in [7, 11) is -2.03. The molecule has 0 saturated carbocycles. The first kappa shape index (κ1) is 19.9. The molecule has 1 heterocycles. The van der Waals surface area contributed by atoms with E-state index in [4.69, 9.17) is 0 Å². The molecule has 0 aromatic heterocycles. The standard InChI is InChI=1S/C19H30N2O3S/c1-6-16-11-10-15(4)21(13-16)19(22)17-8-7-9-18(12-17)25(23,24)20(5)14(2)3/h7-9,12,14-16H,6,10-11,13H2,1-5H3/t15-,16+/m1/s1. The van der Waals surface area contributed by atoms with Crippen LogP contribution in [0.3, 0.4) is 0 Å². The lowest BCUT2D eigenvalue weighted by Crippen LogP contribution is -2.45. The fourth-order valence-electron chi connectivity index (χ4n) is 3.20. The van der Waals surface area contributed by atoms with Crippen molar-refractivity contribution in [1.82, 2.24) is 9.21 Å². The summed E-state index contributed by atoms with van der Waals surface area (Å²) in [5.74, 6) is 0.453. The average molecular weight is 367 g/mol. The van der Waals surface area contributed by atoms with Gasteiger partial charge in [0.2, 0.25) is 10.0 Å². The molecular formula is C19H30N2O3S. The van der Waals surface area contributed by atoms with Crippen LogP contribution in [-0.4, -0.2) is 49.2 Å². The van der Waals surface area contributed by atoms with Crippen LogP contribution in [0.4, 0.5) is 0 Å². The maximum absolute atomic E-state index is 13.0. The van der Waals surface area contributed by atoms with Crippen LogP contribution in [0.25, 0.3) is 0 Å². The average Bonchev–Trinajstić information content (AvgIpc) is 2.60. The first-order chi connectivity index (χ1) is 11.7. The lowest BCUT2D eigenvalue weighted by molar-refractivity contribution is 0.0556. The zero-order valence-electron chi connectivity index (χ0n) is 15.9. The second-order valence-electron chi connectivity index (χ2n) is 7.30. The van der Waals surface area contributed by atoms with Crippen molar-refractivity contribution in [2.75, 3.05) is 13.6 Å². The summed E-state index contributed by atoms with van der Waals surface area (Å²) < 4.78 is 26.7. The highest BCUT2D eigenvalue weighted by Gasteiger charge is 2.30. The fraction of sp³-hybridized carbons (Fsp3) is 0.632. The van der Waals surface area contributed by atoms with Gasteiger partial charge in [-0.2, -0.15) is 4.31 Å². The van der Waals surface area contributed by atoms with Gasteiger partial charge in [0.05, 0.1) is 4.90 Å². The third-order valence-corrected chi connectivity index (χ3v) is 7.33. The van der Waals surface area contributed by atoms with E-state index in [2.05, 4.69) is 13.8 Å². The van der Waals surface area contributed by atoms with Crippen LogP contribution in [0.5, 0.6) is 0 Å². The van der Waals surface area contributed by atoms with Crippen LogP contribution < -0.4 is 0 Å². The Labute approximate surface area is 152 Å². The fourth-order valence-corrected chi connectivity index (χ4v) is 4.61. The number of carbonyl (C=O) groups is 1.